The molecule has 0 spiro atoms. The zero-order valence-electron chi connectivity index (χ0n) is 18.7. The Labute approximate surface area is 184 Å². The van der Waals surface area contributed by atoms with Crippen molar-refractivity contribution in [3.8, 4) is 5.75 Å². The van der Waals surface area contributed by atoms with E-state index in [9.17, 15) is 14.0 Å². The maximum atomic E-state index is 14.1. The van der Waals surface area contributed by atoms with Crippen LogP contribution >= 0.6 is 0 Å². The van der Waals surface area contributed by atoms with E-state index in [1.807, 2.05) is 13.8 Å². The zero-order chi connectivity index (χ0) is 22.8. The van der Waals surface area contributed by atoms with Crippen LogP contribution in [-0.2, 0) is 16.0 Å². The SMILES string of the molecule is COc1ccc(CC(=O)NC(=N)N[C@H](CC2CCCCC2)C(=O)NCC(C)C)c(F)c1. The molecule has 31 heavy (non-hydrogen) atoms. The Morgan fingerprint density at radius 2 is 1.94 bits per heavy atom. The highest BCUT2D eigenvalue weighted by molar-refractivity contribution is 5.98. The fourth-order valence-electron chi connectivity index (χ4n) is 3.78. The van der Waals surface area contributed by atoms with Crippen LogP contribution in [0, 0.1) is 23.1 Å². The van der Waals surface area contributed by atoms with E-state index < -0.39 is 17.8 Å². The van der Waals surface area contributed by atoms with E-state index in [0.29, 0.717) is 30.6 Å². The average Bonchev–Trinajstić information content (AvgIpc) is 2.73. The minimum absolute atomic E-state index is 0.167. The minimum atomic E-state index is -0.590. The van der Waals surface area contributed by atoms with E-state index in [2.05, 4.69) is 16.0 Å². The van der Waals surface area contributed by atoms with Crippen LogP contribution in [0.15, 0.2) is 18.2 Å². The second-order valence-electron chi connectivity index (χ2n) is 8.63. The molecule has 0 saturated heterocycles. The Morgan fingerprint density at radius 3 is 2.55 bits per heavy atom. The van der Waals surface area contributed by atoms with Crippen molar-refractivity contribution in [2.24, 2.45) is 11.8 Å². The molecule has 8 heteroatoms. The smallest absolute Gasteiger partial charge is 0.242 e. The molecule has 0 heterocycles. The van der Waals surface area contributed by atoms with Crippen molar-refractivity contribution in [3.63, 3.8) is 0 Å². The number of guanidine groups is 1. The molecule has 4 N–H and O–H groups in total. The number of benzene rings is 1. The summed E-state index contributed by atoms with van der Waals surface area (Å²) in [6.07, 6.45) is 6.10. The predicted octanol–water partition coefficient (Wildman–Crippen LogP) is 3.13. The first-order chi connectivity index (χ1) is 14.8. The molecule has 2 rings (SSSR count). The lowest BCUT2D eigenvalue weighted by molar-refractivity contribution is -0.123. The summed E-state index contributed by atoms with van der Waals surface area (Å²) in [6.45, 7) is 4.59. The van der Waals surface area contributed by atoms with Gasteiger partial charge in [0.25, 0.3) is 0 Å². The third-order valence-electron chi connectivity index (χ3n) is 5.49. The summed E-state index contributed by atoms with van der Waals surface area (Å²) < 4.78 is 19.0. The number of amides is 2. The Hall–Kier alpha value is -2.64. The van der Waals surface area contributed by atoms with Gasteiger partial charge in [0.1, 0.15) is 17.6 Å². The molecule has 2 amide bonds. The van der Waals surface area contributed by atoms with Crippen LogP contribution in [0.1, 0.15) is 57.9 Å². The van der Waals surface area contributed by atoms with Gasteiger partial charge in [-0.15, -0.1) is 0 Å². The molecule has 0 radical (unpaired) electrons. The summed E-state index contributed by atoms with van der Waals surface area (Å²) in [7, 11) is 1.44. The normalized spacial score (nSPS) is 15.3. The van der Waals surface area contributed by atoms with Gasteiger partial charge >= 0.3 is 0 Å². The predicted molar refractivity (Wildman–Crippen MR) is 118 cm³/mol. The molecular formula is C23H35FN4O3. The number of halogens is 1. The van der Waals surface area contributed by atoms with Crippen molar-refractivity contribution in [1.29, 1.82) is 5.41 Å². The second kappa shape index (κ2) is 12.3. The molecule has 1 aromatic carbocycles. The highest BCUT2D eigenvalue weighted by Gasteiger charge is 2.25. The van der Waals surface area contributed by atoms with E-state index in [1.54, 1.807) is 6.07 Å². The highest BCUT2D eigenvalue weighted by atomic mass is 19.1. The summed E-state index contributed by atoms with van der Waals surface area (Å²) in [5.74, 6) is -0.378. The van der Waals surface area contributed by atoms with Crippen molar-refractivity contribution in [2.75, 3.05) is 13.7 Å². The maximum absolute atomic E-state index is 14.1. The number of hydrogen-bond acceptors (Lipinski definition) is 4. The Bertz CT molecular complexity index is 763. The zero-order valence-corrected chi connectivity index (χ0v) is 18.7. The van der Waals surface area contributed by atoms with Gasteiger partial charge in [-0.2, -0.15) is 0 Å². The molecule has 0 aromatic heterocycles. The molecule has 172 valence electrons. The largest absolute Gasteiger partial charge is 0.497 e. The first-order valence-electron chi connectivity index (χ1n) is 11.0. The van der Waals surface area contributed by atoms with Gasteiger partial charge in [0.2, 0.25) is 11.8 Å². The van der Waals surface area contributed by atoms with E-state index >= 15 is 0 Å². The molecule has 1 aliphatic carbocycles. The minimum Gasteiger partial charge on any atom is -0.497 e. The fourth-order valence-corrected chi connectivity index (χ4v) is 3.78. The van der Waals surface area contributed by atoms with Crippen molar-refractivity contribution < 1.29 is 18.7 Å². The monoisotopic (exact) mass is 434 g/mol. The number of carbonyl (C=O) groups excluding carboxylic acids is 2. The Balaban J connectivity index is 1.94. The Morgan fingerprint density at radius 1 is 1.23 bits per heavy atom. The number of hydrogen-bond donors (Lipinski definition) is 4. The number of methoxy groups -OCH3 is 1. The van der Waals surface area contributed by atoms with Crippen molar-refractivity contribution in [2.45, 2.75) is 64.8 Å². The lowest BCUT2D eigenvalue weighted by Crippen LogP contribution is -2.52. The van der Waals surface area contributed by atoms with Gasteiger partial charge in [-0.3, -0.25) is 20.3 Å². The summed E-state index contributed by atoms with van der Waals surface area (Å²) >= 11 is 0. The molecule has 1 atom stereocenters. The lowest BCUT2D eigenvalue weighted by Gasteiger charge is -2.27. The van der Waals surface area contributed by atoms with Crippen LogP contribution in [0.3, 0.4) is 0 Å². The second-order valence-corrected chi connectivity index (χ2v) is 8.63. The number of nitrogens with one attached hydrogen (secondary N) is 4. The van der Waals surface area contributed by atoms with Gasteiger partial charge < -0.3 is 15.4 Å². The van der Waals surface area contributed by atoms with Crippen molar-refractivity contribution in [3.05, 3.63) is 29.6 Å². The summed E-state index contributed by atoms with van der Waals surface area (Å²) in [4.78, 5) is 25.0. The Kier molecular flexibility index (Phi) is 9.75. The van der Waals surface area contributed by atoms with Gasteiger partial charge in [0.05, 0.1) is 13.5 Å². The van der Waals surface area contributed by atoms with Gasteiger partial charge in [-0.1, -0.05) is 52.0 Å². The van der Waals surface area contributed by atoms with Crippen LogP contribution in [0.4, 0.5) is 4.39 Å². The topological polar surface area (TPSA) is 103 Å². The molecule has 0 bridgehead atoms. The molecule has 1 aliphatic rings. The molecular weight excluding hydrogens is 399 g/mol. The quantitative estimate of drug-likeness (QED) is 0.354. The summed E-state index contributed by atoms with van der Waals surface area (Å²) in [5, 5.41) is 16.3. The lowest BCUT2D eigenvalue weighted by atomic mass is 9.84. The van der Waals surface area contributed by atoms with E-state index in [0.717, 1.165) is 25.7 Å². The first kappa shape index (κ1) is 24.6. The molecule has 7 nitrogen and oxygen atoms in total. The van der Waals surface area contributed by atoms with Crippen LogP contribution in [0.25, 0.3) is 0 Å². The summed E-state index contributed by atoms with van der Waals surface area (Å²) in [6, 6.07) is 3.68. The van der Waals surface area contributed by atoms with Crippen LogP contribution < -0.4 is 20.7 Å². The standard InChI is InChI=1S/C23H35FN4O3/c1-15(2)14-26-22(30)20(11-16-7-5-4-6-8-16)27-23(25)28-21(29)12-17-9-10-18(31-3)13-19(17)24/h9-10,13,15-16,20H,4-8,11-12,14H2,1-3H3,(H,26,30)(H3,25,27,28,29)/t20-/m1/s1. The van der Waals surface area contributed by atoms with E-state index in [-0.39, 0.29) is 23.9 Å². The number of ether oxygens (including phenoxy) is 1. The molecule has 0 aliphatic heterocycles. The summed E-state index contributed by atoms with van der Waals surface area (Å²) in [5.41, 5.74) is 0.208. The number of carbonyl (C=O) groups is 2. The fraction of sp³-hybridized carbons (Fsp3) is 0.609. The van der Waals surface area contributed by atoms with Gasteiger partial charge in [0.15, 0.2) is 5.96 Å². The van der Waals surface area contributed by atoms with Gasteiger partial charge in [-0.25, -0.2) is 4.39 Å². The van der Waals surface area contributed by atoms with Crippen molar-refractivity contribution >= 4 is 17.8 Å². The van der Waals surface area contributed by atoms with E-state index in [4.69, 9.17) is 10.1 Å². The van der Waals surface area contributed by atoms with Crippen molar-refractivity contribution in [1.82, 2.24) is 16.0 Å². The van der Waals surface area contributed by atoms with Crippen LogP contribution in [0.5, 0.6) is 5.75 Å². The van der Waals surface area contributed by atoms with Gasteiger partial charge in [-0.05, 0) is 29.9 Å². The first-order valence-corrected chi connectivity index (χ1v) is 11.0. The van der Waals surface area contributed by atoms with E-state index in [1.165, 1.54) is 25.7 Å². The highest BCUT2D eigenvalue weighted by Crippen LogP contribution is 2.27. The van der Waals surface area contributed by atoms with Crippen LogP contribution in [-0.4, -0.2) is 37.5 Å². The third-order valence-corrected chi connectivity index (χ3v) is 5.49. The number of rotatable bonds is 9. The maximum Gasteiger partial charge on any atom is 0.242 e. The molecule has 1 aromatic rings. The molecule has 0 unspecified atom stereocenters. The average molecular weight is 435 g/mol. The molecule has 1 saturated carbocycles. The molecule has 1 fully saturated rings. The van der Waals surface area contributed by atoms with Gasteiger partial charge in [0, 0.05) is 12.6 Å². The third kappa shape index (κ3) is 8.55. The van der Waals surface area contributed by atoms with Crippen LogP contribution in [0.2, 0.25) is 0 Å².